The van der Waals surface area contributed by atoms with Gasteiger partial charge in [-0.05, 0) is 56.1 Å². The van der Waals surface area contributed by atoms with Crippen molar-refractivity contribution < 1.29 is 14.4 Å². The average Bonchev–Trinajstić information content (AvgIpc) is 3.34. The van der Waals surface area contributed by atoms with Crippen molar-refractivity contribution >= 4 is 23.5 Å². The quantitative estimate of drug-likeness (QED) is 0.755. The van der Waals surface area contributed by atoms with Crippen LogP contribution in [-0.4, -0.2) is 59.9 Å². The summed E-state index contributed by atoms with van der Waals surface area (Å²) in [5.74, 6) is 0.104. The van der Waals surface area contributed by atoms with E-state index in [0.29, 0.717) is 25.3 Å². The maximum absolute atomic E-state index is 13.0. The summed E-state index contributed by atoms with van der Waals surface area (Å²) >= 11 is 0. The predicted octanol–water partition coefficient (Wildman–Crippen LogP) is 2.75. The SMILES string of the molecule is CC1CCC2(CC1)NC(=O)N(CC(=O)N(C)Cc1ccccc1N1CCCC1)C2=O. The molecule has 1 saturated carbocycles. The fourth-order valence-electron chi connectivity index (χ4n) is 4.92. The number of urea groups is 1. The minimum atomic E-state index is -0.801. The van der Waals surface area contributed by atoms with Crippen molar-refractivity contribution in [2.45, 2.75) is 57.5 Å². The zero-order valence-electron chi connectivity index (χ0n) is 18.0. The van der Waals surface area contributed by atoms with E-state index in [1.807, 2.05) is 18.2 Å². The van der Waals surface area contributed by atoms with Gasteiger partial charge in [0.15, 0.2) is 0 Å². The smallest absolute Gasteiger partial charge is 0.325 e. The Labute approximate surface area is 178 Å². The number of amides is 4. The molecule has 1 aromatic carbocycles. The first kappa shape index (κ1) is 20.7. The number of carbonyl (C=O) groups is 3. The second-order valence-corrected chi connectivity index (χ2v) is 9.16. The zero-order valence-corrected chi connectivity index (χ0v) is 18.0. The van der Waals surface area contributed by atoms with E-state index in [1.165, 1.54) is 18.5 Å². The fraction of sp³-hybridized carbons (Fsp3) is 0.609. The molecule has 0 bridgehead atoms. The van der Waals surface area contributed by atoms with Crippen LogP contribution < -0.4 is 10.2 Å². The molecule has 1 spiro atoms. The minimum Gasteiger partial charge on any atom is -0.371 e. The van der Waals surface area contributed by atoms with Gasteiger partial charge >= 0.3 is 6.03 Å². The molecule has 7 heteroatoms. The van der Waals surface area contributed by atoms with Gasteiger partial charge < -0.3 is 15.1 Å². The van der Waals surface area contributed by atoms with Gasteiger partial charge in [0.25, 0.3) is 5.91 Å². The highest BCUT2D eigenvalue weighted by Crippen LogP contribution is 2.36. The second-order valence-electron chi connectivity index (χ2n) is 9.16. The Morgan fingerprint density at radius 3 is 2.53 bits per heavy atom. The molecular weight excluding hydrogens is 380 g/mol. The number of para-hydroxylation sites is 1. The Morgan fingerprint density at radius 1 is 1.17 bits per heavy atom. The van der Waals surface area contributed by atoms with Crippen LogP contribution in [0.1, 0.15) is 51.0 Å². The lowest BCUT2D eigenvalue weighted by Gasteiger charge is -2.33. The van der Waals surface area contributed by atoms with Gasteiger partial charge in [-0.2, -0.15) is 0 Å². The molecule has 1 aromatic rings. The Hall–Kier alpha value is -2.57. The molecular formula is C23H32N4O3. The summed E-state index contributed by atoms with van der Waals surface area (Å²) < 4.78 is 0. The van der Waals surface area contributed by atoms with E-state index >= 15 is 0 Å². The van der Waals surface area contributed by atoms with Crippen molar-refractivity contribution in [3.05, 3.63) is 29.8 Å². The molecule has 0 atom stereocenters. The summed E-state index contributed by atoms with van der Waals surface area (Å²) in [5.41, 5.74) is 1.45. The first-order valence-corrected chi connectivity index (χ1v) is 11.1. The van der Waals surface area contributed by atoms with Gasteiger partial charge in [-0.1, -0.05) is 25.1 Å². The van der Waals surface area contributed by atoms with Crippen LogP contribution in [0.25, 0.3) is 0 Å². The van der Waals surface area contributed by atoms with Crippen LogP contribution in [0.5, 0.6) is 0 Å². The normalized spacial score (nSPS) is 26.4. The Kier molecular flexibility index (Phi) is 5.71. The van der Waals surface area contributed by atoms with E-state index in [9.17, 15) is 14.4 Å². The number of imide groups is 1. The molecule has 1 N–H and O–H groups in total. The third-order valence-electron chi connectivity index (χ3n) is 6.94. The number of hydrogen-bond donors (Lipinski definition) is 1. The minimum absolute atomic E-state index is 0.204. The summed E-state index contributed by atoms with van der Waals surface area (Å²) in [7, 11) is 1.74. The number of rotatable bonds is 5. The van der Waals surface area contributed by atoms with E-state index in [-0.39, 0.29) is 18.4 Å². The second kappa shape index (κ2) is 8.28. The van der Waals surface area contributed by atoms with Gasteiger partial charge in [0.2, 0.25) is 5.91 Å². The number of anilines is 1. The fourth-order valence-corrected chi connectivity index (χ4v) is 4.92. The van der Waals surface area contributed by atoms with Gasteiger partial charge in [0.1, 0.15) is 12.1 Å². The molecule has 2 heterocycles. The van der Waals surface area contributed by atoms with Crippen LogP contribution >= 0.6 is 0 Å². The van der Waals surface area contributed by atoms with Crippen LogP contribution in [0.2, 0.25) is 0 Å². The standard InChI is InChI=1S/C23H32N4O3/c1-17-9-11-23(12-10-17)21(29)27(22(30)24-23)16-20(28)25(2)15-18-7-3-4-8-19(18)26-13-5-6-14-26/h3-4,7-8,17H,5-6,9-16H2,1-2H3,(H,24,30). The molecule has 30 heavy (non-hydrogen) atoms. The van der Waals surface area contributed by atoms with Crippen LogP contribution in [0.15, 0.2) is 24.3 Å². The molecule has 2 aliphatic heterocycles. The van der Waals surface area contributed by atoms with Crippen molar-refractivity contribution in [3.8, 4) is 0 Å². The molecule has 1 aliphatic carbocycles. The number of benzene rings is 1. The molecule has 4 amide bonds. The van der Waals surface area contributed by atoms with Gasteiger partial charge in [0, 0.05) is 32.4 Å². The van der Waals surface area contributed by atoms with Crippen LogP contribution in [0.3, 0.4) is 0 Å². The highest BCUT2D eigenvalue weighted by atomic mass is 16.2. The van der Waals surface area contributed by atoms with Gasteiger partial charge in [0.05, 0.1) is 0 Å². The van der Waals surface area contributed by atoms with E-state index in [0.717, 1.165) is 36.4 Å². The Morgan fingerprint density at radius 2 is 1.83 bits per heavy atom. The first-order chi connectivity index (χ1) is 14.4. The number of carbonyl (C=O) groups excluding carboxylic acids is 3. The largest absolute Gasteiger partial charge is 0.371 e. The van der Waals surface area contributed by atoms with Gasteiger partial charge in [-0.15, -0.1) is 0 Å². The molecule has 0 unspecified atom stereocenters. The lowest BCUT2D eigenvalue weighted by Crippen LogP contribution is -2.50. The van der Waals surface area contributed by atoms with Crippen LogP contribution in [0.4, 0.5) is 10.5 Å². The molecule has 162 valence electrons. The molecule has 0 radical (unpaired) electrons. The summed E-state index contributed by atoms with van der Waals surface area (Å²) in [6.07, 6.45) is 5.53. The van der Waals surface area contributed by atoms with E-state index in [4.69, 9.17) is 0 Å². The first-order valence-electron chi connectivity index (χ1n) is 11.1. The molecule has 4 rings (SSSR count). The number of hydrogen-bond acceptors (Lipinski definition) is 4. The maximum atomic E-state index is 13.0. The third kappa shape index (κ3) is 3.89. The summed E-state index contributed by atoms with van der Waals surface area (Å²) in [5, 5.41) is 2.89. The molecule has 7 nitrogen and oxygen atoms in total. The summed E-state index contributed by atoms with van der Waals surface area (Å²) in [6.45, 7) is 4.50. The zero-order chi connectivity index (χ0) is 21.3. The molecule has 0 aromatic heterocycles. The molecule has 3 fully saturated rings. The topological polar surface area (TPSA) is 73.0 Å². The molecule has 3 aliphatic rings. The van der Waals surface area contributed by atoms with E-state index in [1.54, 1.807) is 11.9 Å². The van der Waals surface area contributed by atoms with Gasteiger partial charge in [-0.3, -0.25) is 14.5 Å². The van der Waals surface area contributed by atoms with Crippen molar-refractivity contribution in [1.82, 2.24) is 15.1 Å². The third-order valence-corrected chi connectivity index (χ3v) is 6.94. The monoisotopic (exact) mass is 412 g/mol. The predicted molar refractivity (Wildman–Crippen MR) is 115 cm³/mol. The van der Waals surface area contributed by atoms with Gasteiger partial charge in [-0.25, -0.2) is 4.79 Å². The Bertz CT molecular complexity index is 825. The van der Waals surface area contributed by atoms with Crippen molar-refractivity contribution in [3.63, 3.8) is 0 Å². The summed E-state index contributed by atoms with van der Waals surface area (Å²) in [6, 6.07) is 7.72. The maximum Gasteiger partial charge on any atom is 0.325 e. The summed E-state index contributed by atoms with van der Waals surface area (Å²) in [4.78, 5) is 43.5. The lowest BCUT2D eigenvalue weighted by atomic mass is 9.77. The van der Waals surface area contributed by atoms with Crippen molar-refractivity contribution in [2.24, 2.45) is 5.92 Å². The number of likely N-dealkylation sites (N-methyl/N-ethyl adjacent to an activating group) is 1. The van der Waals surface area contributed by atoms with Crippen LogP contribution in [0, 0.1) is 5.92 Å². The highest BCUT2D eigenvalue weighted by molar-refractivity contribution is 6.09. The lowest BCUT2D eigenvalue weighted by molar-refractivity contribution is -0.139. The van der Waals surface area contributed by atoms with Crippen molar-refractivity contribution in [2.75, 3.05) is 31.6 Å². The Balaban J connectivity index is 1.41. The number of nitrogens with zero attached hydrogens (tertiary/aromatic N) is 3. The van der Waals surface area contributed by atoms with E-state index in [2.05, 4.69) is 23.2 Å². The van der Waals surface area contributed by atoms with E-state index < -0.39 is 11.6 Å². The number of nitrogens with one attached hydrogen (secondary N) is 1. The average molecular weight is 413 g/mol. The van der Waals surface area contributed by atoms with Crippen LogP contribution in [-0.2, 0) is 16.1 Å². The molecule has 2 saturated heterocycles. The highest BCUT2D eigenvalue weighted by Gasteiger charge is 2.52. The van der Waals surface area contributed by atoms with Crippen molar-refractivity contribution in [1.29, 1.82) is 0 Å².